The van der Waals surface area contributed by atoms with Crippen molar-refractivity contribution in [2.75, 3.05) is 0 Å². The molecule has 1 aliphatic rings. The molecule has 0 aromatic heterocycles. The van der Waals surface area contributed by atoms with Crippen LogP contribution in [0.25, 0.3) is 0 Å². The zero-order valence-corrected chi connectivity index (χ0v) is 9.68. The van der Waals surface area contributed by atoms with Crippen LogP contribution in [0.3, 0.4) is 0 Å². The second-order valence-corrected chi connectivity index (χ2v) is 4.58. The van der Waals surface area contributed by atoms with Gasteiger partial charge in [0.15, 0.2) is 0 Å². The fraction of sp³-hybridized carbons (Fsp3) is 0.833. The third-order valence-corrected chi connectivity index (χ3v) is 3.20. The zero-order chi connectivity index (χ0) is 11.3. The van der Waals surface area contributed by atoms with E-state index in [-0.39, 0.29) is 11.8 Å². The van der Waals surface area contributed by atoms with E-state index in [0.29, 0.717) is 0 Å². The average Bonchev–Trinajstić information content (AvgIpc) is 2.67. The van der Waals surface area contributed by atoms with Crippen molar-refractivity contribution in [2.24, 2.45) is 5.92 Å². The molecule has 0 radical (unpaired) electrons. The van der Waals surface area contributed by atoms with Crippen LogP contribution in [0.2, 0.25) is 0 Å². The Kier molecular flexibility index (Phi) is 4.14. The van der Waals surface area contributed by atoms with Gasteiger partial charge in [-0.2, -0.15) is 5.26 Å². The number of rotatable bonds is 4. The SMILES string of the molecule is CCCC(C)C(=O)NC1(C#N)CCCC1. The Bertz CT molecular complexity index is 261. The average molecular weight is 208 g/mol. The molecule has 0 aliphatic heterocycles. The summed E-state index contributed by atoms with van der Waals surface area (Å²) in [4.78, 5) is 11.8. The van der Waals surface area contributed by atoms with Crippen molar-refractivity contribution in [2.45, 2.75) is 57.9 Å². The van der Waals surface area contributed by atoms with Crippen molar-refractivity contribution in [3.63, 3.8) is 0 Å². The first-order valence-corrected chi connectivity index (χ1v) is 5.87. The summed E-state index contributed by atoms with van der Waals surface area (Å²) in [6.07, 6.45) is 5.63. The number of nitriles is 1. The molecular formula is C12H20N2O. The van der Waals surface area contributed by atoms with Gasteiger partial charge in [-0.25, -0.2) is 0 Å². The molecule has 0 aromatic rings. The Morgan fingerprint density at radius 1 is 1.53 bits per heavy atom. The minimum Gasteiger partial charge on any atom is -0.338 e. The molecule has 3 nitrogen and oxygen atoms in total. The second-order valence-electron chi connectivity index (χ2n) is 4.58. The Balaban J connectivity index is 2.52. The summed E-state index contributed by atoms with van der Waals surface area (Å²) in [7, 11) is 0. The van der Waals surface area contributed by atoms with E-state index in [2.05, 4.69) is 18.3 Å². The van der Waals surface area contributed by atoms with E-state index < -0.39 is 5.54 Å². The van der Waals surface area contributed by atoms with Crippen molar-refractivity contribution < 1.29 is 4.79 Å². The molecule has 15 heavy (non-hydrogen) atoms. The maximum atomic E-state index is 11.8. The summed E-state index contributed by atoms with van der Waals surface area (Å²) < 4.78 is 0. The predicted octanol–water partition coefficient (Wildman–Crippen LogP) is 2.38. The van der Waals surface area contributed by atoms with Gasteiger partial charge in [0.2, 0.25) is 5.91 Å². The number of nitrogens with zero attached hydrogens (tertiary/aromatic N) is 1. The van der Waals surface area contributed by atoms with Gasteiger partial charge < -0.3 is 5.32 Å². The molecule has 1 rings (SSSR count). The molecule has 0 heterocycles. The van der Waals surface area contributed by atoms with Gasteiger partial charge in [0.25, 0.3) is 0 Å². The number of hydrogen-bond acceptors (Lipinski definition) is 2. The van der Waals surface area contributed by atoms with Gasteiger partial charge >= 0.3 is 0 Å². The molecule has 1 fully saturated rings. The van der Waals surface area contributed by atoms with E-state index in [9.17, 15) is 4.79 Å². The summed E-state index contributed by atoms with van der Waals surface area (Å²) in [5, 5.41) is 12.0. The molecule has 1 atom stereocenters. The van der Waals surface area contributed by atoms with Crippen LogP contribution in [0.4, 0.5) is 0 Å². The number of hydrogen-bond donors (Lipinski definition) is 1. The van der Waals surface area contributed by atoms with Crippen LogP contribution in [0.5, 0.6) is 0 Å². The first-order valence-electron chi connectivity index (χ1n) is 5.87. The molecule has 0 spiro atoms. The molecule has 1 aliphatic carbocycles. The monoisotopic (exact) mass is 208 g/mol. The van der Waals surface area contributed by atoms with Crippen molar-refractivity contribution in [3.05, 3.63) is 0 Å². The van der Waals surface area contributed by atoms with Gasteiger partial charge in [-0.05, 0) is 32.1 Å². The fourth-order valence-electron chi connectivity index (χ4n) is 2.17. The minimum atomic E-state index is -0.556. The van der Waals surface area contributed by atoms with Gasteiger partial charge in [0.1, 0.15) is 5.54 Å². The lowest BCUT2D eigenvalue weighted by molar-refractivity contribution is -0.126. The standard InChI is InChI=1S/C12H20N2O/c1-3-6-10(2)11(15)14-12(9-13)7-4-5-8-12/h10H,3-8H2,1-2H3,(H,14,15). The van der Waals surface area contributed by atoms with E-state index in [1.165, 1.54) is 0 Å². The van der Waals surface area contributed by atoms with E-state index in [0.717, 1.165) is 38.5 Å². The smallest absolute Gasteiger partial charge is 0.224 e. The highest BCUT2D eigenvalue weighted by Gasteiger charge is 2.36. The summed E-state index contributed by atoms with van der Waals surface area (Å²) in [5.74, 6) is 0.0705. The molecule has 1 amide bonds. The Hall–Kier alpha value is -1.04. The van der Waals surface area contributed by atoms with E-state index in [1.54, 1.807) is 0 Å². The molecule has 0 bridgehead atoms. The number of carbonyl (C=O) groups is 1. The third kappa shape index (κ3) is 2.95. The van der Waals surface area contributed by atoms with Crippen LogP contribution in [0.15, 0.2) is 0 Å². The lowest BCUT2D eigenvalue weighted by Crippen LogP contribution is -2.47. The molecular weight excluding hydrogens is 188 g/mol. The highest BCUT2D eigenvalue weighted by Crippen LogP contribution is 2.29. The van der Waals surface area contributed by atoms with Gasteiger partial charge in [0, 0.05) is 5.92 Å². The van der Waals surface area contributed by atoms with Gasteiger partial charge in [-0.1, -0.05) is 20.3 Å². The topological polar surface area (TPSA) is 52.9 Å². The van der Waals surface area contributed by atoms with Gasteiger partial charge in [-0.15, -0.1) is 0 Å². The van der Waals surface area contributed by atoms with E-state index in [1.807, 2.05) is 6.92 Å². The van der Waals surface area contributed by atoms with Crippen LogP contribution >= 0.6 is 0 Å². The second kappa shape index (κ2) is 5.16. The first-order chi connectivity index (χ1) is 7.13. The molecule has 1 N–H and O–H groups in total. The summed E-state index contributed by atoms with van der Waals surface area (Å²) >= 11 is 0. The quantitative estimate of drug-likeness (QED) is 0.771. The van der Waals surface area contributed by atoms with E-state index in [4.69, 9.17) is 5.26 Å². The number of nitrogens with one attached hydrogen (secondary N) is 1. The summed E-state index contributed by atoms with van der Waals surface area (Å²) in [6, 6.07) is 2.27. The normalized spacial score (nSPS) is 20.6. The Morgan fingerprint density at radius 3 is 2.60 bits per heavy atom. The lowest BCUT2D eigenvalue weighted by Gasteiger charge is -2.24. The molecule has 3 heteroatoms. The highest BCUT2D eigenvalue weighted by atomic mass is 16.2. The van der Waals surface area contributed by atoms with Crippen LogP contribution in [0.1, 0.15) is 52.4 Å². The highest BCUT2D eigenvalue weighted by molar-refractivity contribution is 5.79. The Labute approximate surface area is 91.9 Å². The van der Waals surface area contributed by atoms with Crippen molar-refractivity contribution >= 4 is 5.91 Å². The maximum absolute atomic E-state index is 11.8. The maximum Gasteiger partial charge on any atom is 0.224 e. The fourth-order valence-corrected chi connectivity index (χ4v) is 2.17. The summed E-state index contributed by atoms with van der Waals surface area (Å²) in [6.45, 7) is 4.00. The van der Waals surface area contributed by atoms with Crippen LogP contribution < -0.4 is 5.32 Å². The third-order valence-electron chi connectivity index (χ3n) is 3.20. The number of carbonyl (C=O) groups excluding carboxylic acids is 1. The molecule has 0 aromatic carbocycles. The predicted molar refractivity (Wildman–Crippen MR) is 59.0 cm³/mol. The molecule has 1 unspecified atom stereocenters. The van der Waals surface area contributed by atoms with Gasteiger partial charge in [0.05, 0.1) is 6.07 Å². The zero-order valence-electron chi connectivity index (χ0n) is 9.68. The summed E-state index contributed by atoms with van der Waals surface area (Å²) in [5.41, 5.74) is -0.556. The van der Waals surface area contributed by atoms with Crippen molar-refractivity contribution in [3.8, 4) is 6.07 Å². The number of amides is 1. The van der Waals surface area contributed by atoms with Crippen molar-refractivity contribution in [1.29, 1.82) is 5.26 Å². The van der Waals surface area contributed by atoms with Gasteiger partial charge in [-0.3, -0.25) is 4.79 Å². The van der Waals surface area contributed by atoms with Crippen LogP contribution in [0, 0.1) is 17.2 Å². The lowest BCUT2D eigenvalue weighted by atomic mass is 9.97. The molecule has 0 saturated heterocycles. The van der Waals surface area contributed by atoms with E-state index >= 15 is 0 Å². The van der Waals surface area contributed by atoms with Crippen LogP contribution in [-0.2, 0) is 4.79 Å². The van der Waals surface area contributed by atoms with Crippen LogP contribution in [-0.4, -0.2) is 11.4 Å². The molecule has 1 saturated carbocycles. The largest absolute Gasteiger partial charge is 0.338 e. The van der Waals surface area contributed by atoms with Crippen molar-refractivity contribution in [1.82, 2.24) is 5.32 Å². The minimum absolute atomic E-state index is 0.0285. The Morgan fingerprint density at radius 2 is 2.13 bits per heavy atom. The first kappa shape index (κ1) is 12.0. The molecule has 84 valence electrons.